The van der Waals surface area contributed by atoms with E-state index in [0.29, 0.717) is 6.04 Å². The minimum Gasteiger partial charge on any atom is -0.378 e. The molecule has 25 heavy (non-hydrogen) atoms. The minimum atomic E-state index is 0.438. The highest BCUT2D eigenvalue weighted by Crippen LogP contribution is 2.16. The Morgan fingerprint density at radius 2 is 2.00 bits per heavy atom. The molecular formula is C17H25N7O. The van der Waals surface area contributed by atoms with E-state index in [9.17, 15) is 0 Å². The molecule has 0 aliphatic carbocycles. The van der Waals surface area contributed by atoms with E-state index in [-0.39, 0.29) is 0 Å². The van der Waals surface area contributed by atoms with Gasteiger partial charge in [-0.05, 0) is 6.42 Å². The first kappa shape index (κ1) is 16.4. The zero-order valence-electron chi connectivity index (χ0n) is 14.7. The van der Waals surface area contributed by atoms with Gasteiger partial charge in [0.25, 0.3) is 0 Å². The summed E-state index contributed by atoms with van der Waals surface area (Å²) in [6.07, 6.45) is 6.85. The smallest absolute Gasteiger partial charge is 0.225 e. The van der Waals surface area contributed by atoms with Crippen LogP contribution in [0.5, 0.6) is 0 Å². The fraction of sp³-hybridized carbons (Fsp3) is 0.647. The normalized spacial score (nSPS) is 20.5. The van der Waals surface area contributed by atoms with Gasteiger partial charge < -0.3 is 19.5 Å². The van der Waals surface area contributed by atoms with Crippen LogP contribution in [0.25, 0.3) is 0 Å². The molecule has 1 saturated heterocycles. The van der Waals surface area contributed by atoms with Crippen molar-refractivity contribution in [2.75, 3.05) is 31.2 Å². The molecule has 4 heterocycles. The van der Waals surface area contributed by atoms with Crippen LogP contribution in [0, 0.1) is 0 Å². The third-order valence-corrected chi connectivity index (χ3v) is 4.92. The number of anilines is 1. The van der Waals surface area contributed by atoms with E-state index in [4.69, 9.17) is 4.74 Å². The maximum atomic E-state index is 5.37. The Hall–Kier alpha value is -2.06. The van der Waals surface area contributed by atoms with Gasteiger partial charge in [0.15, 0.2) is 0 Å². The first-order valence-corrected chi connectivity index (χ1v) is 9.11. The van der Waals surface area contributed by atoms with Crippen molar-refractivity contribution in [2.45, 2.75) is 45.3 Å². The van der Waals surface area contributed by atoms with Crippen LogP contribution in [0.1, 0.15) is 30.6 Å². The van der Waals surface area contributed by atoms with Crippen LogP contribution in [0.4, 0.5) is 5.95 Å². The lowest BCUT2D eigenvalue weighted by molar-refractivity contribution is 0.122. The summed E-state index contributed by atoms with van der Waals surface area (Å²) in [5.41, 5.74) is 1.11. The summed E-state index contributed by atoms with van der Waals surface area (Å²) in [4.78, 5) is 11.2. The molecule has 8 nitrogen and oxygen atoms in total. The van der Waals surface area contributed by atoms with Crippen molar-refractivity contribution in [2.24, 2.45) is 0 Å². The molecule has 0 spiro atoms. The van der Waals surface area contributed by atoms with Gasteiger partial charge in [-0.1, -0.05) is 6.92 Å². The van der Waals surface area contributed by atoms with Crippen molar-refractivity contribution in [3.8, 4) is 0 Å². The molecule has 2 aliphatic rings. The van der Waals surface area contributed by atoms with Gasteiger partial charge in [-0.15, -0.1) is 10.2 Å². The molecule has 0 aromatic carbocycles. The number of rotatable bonds is 5. The van der Waals surface area contributed by atoms with Crippen molar-refractivity contribution in [3.63, 3.8) is 0 Å². The van der Waals surface area contributed by atoms with Gasteiger partial charge in [-0.3, -0.25) is 0 Å². The van der Waals surface area contributed by atoms with E-state index >= 15 is 0 Å². The van der Waals surface area contributed by atoms with Crippen molar-refractivity contribution >= 4 is 5.95 Å². The topological polar surface area (TPSA) is 81.0 Å². The van der Waals surface area contributed by atoms with Crippen LogP contribution in [-0.2, 0) is 30.7 Å². The van der Waals surface area contributed by atoms with Crippen LogP contribution in [0.2, 0.25) is 0 Å². The van der Waals surface area contributed by atoms with Crippen molar-refractivity contribution in [1.82, 2.24) is 30.0 Å². The molecule has 2 aromatic heterocycles. The lowest BCUT2D eigenvalue weighted by Crippen LogP contribution is -2.38. The maximum absolute atomic E-state index is 5.37. The second-order valence-electron chi connectivity index (χ2n) is 6.60. The molecule has 0 saturated carbocycles. The highest BCUT2D eigenvalue weighted by Gasteiger charge is 2.22. The van der Waals surface area contributed by atoms with Crippen LogP contribution in [0.15, 0.2) is 12.4 Å². The molecule has 8 heteroatoms. The summed E-state index contributed by atoms with van der Waals surface area (Å²) in [5.74, 6) is 3.00. The lowest BCUT2D eigenvalue weighted by atomic mass is 10.1. The number of aromatic nitrogens is 5. The Labute approximate surface area is 147 Å². The zero-order valence-corrected chi connectivity index (χ0v) is 14.7. The Balaban J connectivity index is 1.32. The number of hydrogen-bond acceptors (Lipinski definition) is 7. The number of aryl methyl sites for hydroxylation is 2. The summed E-state index contributed by atoms with van der Waals surface area (Å²) in [6, 6.07) is 0.438. The number of nitrogens with zero attached hydrogens (tertiary/aromatic N) is 6. The van der Waals surface area contributed by atoms with Crippen molar-refractivity contribution in [3.05, 3.63) is 29.6 Å². The first-order valence-electron chi connectivity index (χ1n) is 9.11. The molecule has 1 fully saturated rings. The third-order valence-electron chi connectivity index (χ3n) is 4.92. The molecule has 2 aliphatic heterocycles. The molecule has 134 valence electrons. The predicted molar refractivity (Wildman–Crippen MR) is 93.4 cm³/mol. The third kappa shape index (κ3) is 3.64. The molecule has 0 radical (unpaired) electrons. The van der Waals surface area contributed by atoms with Crippen molar-refractivity contribution in [1.29, 1.82) is 0 Å². The van der Waals surface area contributed by atoms with Crippen molar-refractivity contribution < 1.29 is 4.74 Å². The number of ether oxygens (including phenoxy) is 1. The van der Waals surface area contributed by atoms with E-state index in [2.05, 4.69) is 41.9 Å². The van der Waals surface area contributed by atoms with Gasteiger partial charge in [0.1, 0.15) is 11.6 Å². The molecule has 2 aromatic rings. The second-order valence-corrected chi connectivity index (χ2v) is 6.60. The monoisotopic (exact) mass is 343 g/mol. The molecule has 0 bridgehead atoms. The molecule has 1 N–H and O–H groups in total. The molecule has 0 amide bonds. The minimum absolute atomic E-state index is 0.438. The fourth-order valence-corrected chi connectivity index (χ4v) is 3.44. The molecular weight excluding hydrogens is 318 g/mol. The van der Waals surface area contributed by atoms with Gasteiger partial charge in [0, 0.05) is 63.0 Å². The van der Waals surface area contributed by atoms with Gasteiger partial charge in [-0.2, -0.15) is 0 Å². The quantitative estimate of drug-likeness (QED) is 0.850. The number of nitrogens with one attached hydrogen (secondary N) is 1. The summed E-state index contributed by atoms with van der Waals surface area (Å²) >= 11 is 0. The predicted octanol–water partition coefficient (Wildman–Crippen LogP) is 0.572. The average Bonchev–Trinajstić information content (AvgIpc) is 3.10. The number of hydrogen-bond donors (Lipinski definition) is 1. The van der Waals surface area contributed by atoms with E-state index in [1.807, 2.05) is 12.4 Å². The SMILES string of the molecule is CCc1nnc2n1CC(NCc1cnc(N3CCOCC3)nc1)CC2. The zero-order chi connectivity index (χ0) is 17.1. The summed E-state index contributed by atoms with van der Waals surface area (Å²) < 4.78 is 7.63. The fourth-order valence-electron chi connectivity index (χ4n) is 3.44. The van der Waals surface area contributed by atoms with Gasteiger partial charge >= 0.3 is 0 Å². The van der Waals surface area contributed by atoms with E-state index < -0.39 is 0 Å². The first-order chi connectivity index (χ1) is 12.3. The average molecular weight is 343 g/mol. The van der Waals surface area contributed by atoms with Gasteiger partial charge in [0.05, 0.1) is 13.2 Å². The van der Waals surface area contributed by atoms with Gasteiger partial charge in [0.2, 0.25) is 5.95 Å². The Morgan fingerprint density at radius 1 is 1.20 bits per heavy atom. The van der Waals surface area contributed by atoms with Crippen LogP contribution >= 0.6 is 0 Å². The number of fused-ring (bicyclic) bond motifs is 1. The van der Waals surface area contributed by atoms with E-state index in [1.165, 1.54) is 0 Å². The highest BCUT2D eigenvalue weighted by atomic mass is 16.5. The Bertz CT molecular complexity index is 680. The highest BCUT2D eigenvalue weighted by molar-refractivity contribution is 5.30. The van der Waals surface area contributed by atoms with E-state index in [0.717, 1.165) is 81.8 Å². The Morgan fingerprint density at radius 3 is 2.76 bits per heavy atom. The summed E-state index contributed by atoms with van der Waals surface area (Å²) in [5, 5.41) is 12.2. The molecule has 1 atom stereocenters. The summed E-state index contributed by atoms with van der Waals surface area (Å²) in [6.45, 7) is 7.08. The van der Waals surface area contributed by atoms with Gasteiger partial charge in [-0.25, -0.2) is 9.97 Å². The summed E-state index contributed by atoms with van der Waals surface area (Å²) in [7, 11) is 0. The van der Waals surface area contributed by atoms with E-state index in [1.54, 1.807) is 0 Å². The second kappa shape index (κ2) is 7.45. The molecule has 1 unspecified atom stereocenters. The van der Waals surface area contributed by atoms with Crippen LogP contribution < -0.4 is 10.2 Å². The number of morpholine rings is 1. The molecule has 4 rings (SSSR count). The standard InChI is InChI=1S/C17H25N7O/c1-2-15-21-22-16-4-3-14(12-24(15)16)18-9-13-10-19-17(20-11-13)23-5-7-25-8-6-23/h10-11,14,18H,2-9,12H2,1H3. The van der Waals surface area contributed by atoms with Crippen LogP contribution in [-0.4, -0.2) is 57.1 Å². The maximum Gasteiger partial charge on any atom is 0.225 e. The lowest BCUT2D eigenvalue weighted by Gasteiger charge is -2.27. The largest absolute Gasteiger partial charge is 0.378 e. The van der Waals surface area contributed by atoms with Crippen LogP contribution in [0.3, 0.4) is 0 Å². The Kier molecular flexibility index (Phi) is 4.89.